The highest BCUT2D eigenvalue weighted by Crippen LogP contribution is 2.49. The molecule has 1 heterocycles. The molecule has 240 valence electrons. The number of allylic oxidation sites excluding steroid dienone is 13. The van der Waals surface area contributed by atoms with Crippen LogP contribution in [0.4, 0.5) is 11.4 Å². The number of nitrogens with two attached hydrogens (primary N) is 1. The number of nitrogens with zero attached hydrogens (tertiary/aromatic N) is 1. The molecule has 0 amide bonds. The highest BCUT2D eigenvalue weighted by atomic mass is 15.0. The molecule has 0 saturated heterocycles. The van der Waals surface area contributed by atoms with Gasteiger partial charge in [0, 0.05) is 24.6 Å². The van der Waals surface area contributed by atoms with E-state index in [-0.39, 0.29) is 0 Å². The minimum Gasteiger partial charge on any atom is -0.327 e. The lowest BCUT2D eigenvalue weighted by Crippen LogP contribution is -2.05. The van der Waals surface area contributed by atoms with Gasteiger partial charge in [-0.15, -0.1) is 0 Å². The zero-order valence-corrected chi connectivity index (χ0v) is 28.8. The van der Waals surface area contributed by atoms with E-state index in [0.29, 0.717) is 12.5 Å². The fraction of sp³-hybridized carbons (Fsp3) is 0.152. The van der Waals surface area contributed by atoms with Crippen molar-refractivity contribution in [2.24, 2.45) is 11.7 Å². The molecule has 2 aliphatic rings. The summed E-state index contributed by atoms with van der Waals surface area (Å²) >= 11 is 0. The first kappa shape index (κ1) is 34.0. The fourth-order valence-corrected chi connectivity index (χ4v) is 6.51. The molecule has 4 aromatic rings. The van der Waals surface area contributed by atoms with Gasteiger partial charge in [-0.3, -0.25) is 0 Å². The molecular weight excluding hydrogens is 581 g/mol. The molecule has 0 aromatic heterocycles. The van der Waals surface area contributed by atoms with Crippen molar-refractivity contribution >= 4 is 39.5 Å². The van der Waals surface area contributed by atoms with E-state index in [2.05, 4.69) is 146 Å². The summed E-state index contributed by atoms with van der Waals surface area (Å²) in [6.07, 6.45) is 26.3. The van der Waals surface area contributed by atoms with Gasteiger partial charge in [-0.05, 0) is 95.0 Å². The molecule has 0 saturated carbocycles. The van der Waals surface area contributed by atoms with Crippen molar-refractivity contribution in [3.63, 3.8) is 0 Å². The number of hydrogen-bond donors (Lipinski definition) is 1. The van der Waals surface area contributed by atoms with Crippen LogP contribution in [0.3, 0.4) is 0 Å². The van der Waals surface area contributed by atoms with Crippen molar-refractivity contribution in [2.45, 2.75) is 34.1 Å². The van der Waals surface area contributed by atoms with Gasteiger partial charge in [0.2, 0.25) is 11.4 Å². The third-order valence-corrected chi connectivity index (χ3v) is 8.83. The molecule has 2 N–H and O–H groups in total. The maximum Gasteiger partial charge on any atom is 0.227 e. The van der Waals surface area contributed by atoms with Crippen molar-refractivity contribution in [1.82, 2.24) is 4.58 Å². The number of rotatable bonds is 9. The number of hydrogen-bond acceptors (Lipinski definition) is 1. The molecule has 4 aromatic carbocycles. The Balaban J connectivity index is 0.00000221. The van der Waals surface area contributed by atoms with Crippen LogP contribution in [0.5, 0.6) is 0 Å². The number of fused-ring (bicyclic) bond motifs is 5. The van der Waals surface area contributed by atoms with Gasteiger partial charge in [-0.25, -0.2) is 0 Å². The van der Waals surface area contributed by atoms with E-state index in [0.717, 1.165) is 23.1 Å². The molecule has 6 rings (SSSR count). The summed E-state index contributed by atoms with van der Waals surface area (Å²) in [4.78, 5) is 0. The Bertz CT molecular complexity index is 2060. The minimum atomic E-state index is 0.358. The van der Waals surface area contributed by atoms with Crippen molar-refractivity contribution < 1.29 is 0 Å². The van der Waals surface area contributed by atoms with Crippen LogP contribution in [-0.2, 0) is 0 Å². The predicted molar refractivity (Wildman–Crippen MR) is 214 cm³/mol. The molecule has 2 nitrogen and oxygen atoms in total. The smallest absolute Gasteiger partial charge is 0.227 e. The molecule has 1 unspecified atom stereocenters. The van der Waals surface area contributed by atoms with Crippen LogP contribution in [-0.4, -0.2) is 12.8 Å². The van der Waals surface area contributed by atoms with Crippen molar-refractivity contribution in [1.29, 1.82) is 0 Å². The highest BCUT2D eigenvalue weighted by molar-refractivity contribution is 6.10. The van der Waals surface area contributed by atoms with Crippen LogP contribution < -0.4 is 10.3 Å². The highest BCUT2D eigenvalue weighted by Gasteiger charge is 2.33. The van der Waals surface area contributed by atoms with Gasteiger partial charge in [0.15, 0.2) is 6.21 Å². The van der Waals surface area contributed by atoms with Gasteiger partial charge in [-0.1, -0.05) is 124 Å². The van der Waals surface area contributed by atoms with Crippen LogP contribution >= 0.6 is 0 Å². The number of benzene rings is 4. The first-order valence-electron chi connectivity index (χ1n) is 17.0. The Labute approximate surface area is 287 Å². The lowest BCUT2D eigenvalue weighted by atomic mass is 9.83. The lowest BCUT2D eigenvalue weighted by molar-refractivity contribution is 0.797. The summed E-state index contributed by atoms with van der Waals surface area (Å²) in [5.41, 5.74) is 18.8. The van der Waals surface area contributed by atoms with Gasteiger partial charge < -0.3 is 5.73 Å². The average molecular weight is 628 g/mol. The normalized spacial score (nSPS) is 16.4. The first-order chi connectivity index (χ1) is 23.6. The topological polar surface area (TPSA) is 29.0 Å². The van der Waals surface area contributed by atoms with Crippen LogP contribution in [0.2, 0.25) is 0 Å². The SMILES string of the molecule is C=CC1=CC=C(c2ccc3c4c(ccc3c2)-c2ccc(-c3cccc(C(=C)/C=C\CN)c3)cc2[N+]4=C/C=C\C=C/C)CC1/C=C\C.CC. The second-order valence-corrected chi connectivity index (χ2v) is 11.7. The van der Waals surface area contributed by atoms with E-state index in [9.17, 15) is 0 Å². The summed E-state index contributed by atoms with van der Waals surface area (Å²) < 4.78 is 2.35. The summed E-state index contributed by atoms with van der Waals surface area (Å²) in [5, 5.41) is 2.47. The van der Waals surface area contributed by atoms with Crippen molar-refractivity contribution in [2.75, 3.05) is 6.54 Å². The van der Waals surface area contributed by atoms with Gasteiger partial charge >= 0.3 is 0 Å². The third kappa shape index (κ3) is 7.00. The third-order valence-electron chi connectivity index (χ3n) is 8.83. The Morgan fingerprint density at radius 3 is 2.42 bits per heavy atom. The van der Waals surface area contributed by atoms with Crippen molar-refractivity contribution in [3.05, 3.63) is 169 Å². The summed E-state index contributed by atoms with van der Waals surface area (Å²) in [7, 11) is 0. The van der Waals surface area contributed by atoms with Gasteiger partial charge in [-0.2, -0.15) is 4.58 Å². The molecule has 48 heavy (non-hydrogen) atoms. The Morgan fingerprint density at radius 1 is 0.854 bits per heavy atom. The molecule has 2 heteroatoms. The van der Waals surface area contributed by atoms with E-state index in [4.69, 9.17) is 5.73 Å². The molecule has 0 bridgehead atoms. The predicted octanol–water partition coefficient (Wildman–Crippen LogP) is 12.2. The van der Waals surface area contributed by atoms with Gasteiger partial charge in [0.1, 0.15) is 0 Å². The molecule has 0 fully saturated rings. The molecule has 1 aliphatic carbocycles. The van der Waals surface area contributed by atoms with Crippen LogP contribution in [0, 0.1) is 5.92 Å². The minimum absolute atomic E-state index is 0.358. The monoisotopic (exact) mass is 627 g/mol. The van der Waals surface area contributed by atoms with Crippen LogP contribution in [0.15, 0.2) is 158 Å². The van der Waals surface area contributed by atoms with Crippen molar-refractivity contribution in [3.8, 4) is 22.3 Å². The largest absolute Gasteiger partial charge is 0.327 e. The van der Waals surface area contributed by atoms with Gasteiger partial charge in [0.05, 0.1) is 16.5 Å². The molecule has 1 aliphatic heterocycles. The Kier molecular flexibility index (Phi) is 11.3. The average Bonchev–Trinajstić information content (AvgIpc) is 3.46. The zero-order chi connectivity index (χ0) is 34.0. The Morgan fingerprint density at radius 2 is 1.65 bits per heavy atom. The maximum absolute atomic E-state index is 5.68. The van der Waals surface area contributed by atoms with Crippen LogP contribution in [0.25, 0.3) is 44.2 Å². The van der Waals surface area contributed by atoms with E-state index in [1.165, 1.54) is 55.5 Å². The van der Waals surface area contributed by atoms with E-state index in [1.807, 2.05) is 45.1 Å². The summed E-state index contributed by atoms with van der Waals surface area (Å²) in [5.74, 6) is 0.358. The molecule has 0 radical (unpaired) electrons. The van der Waals surface area contributed by atoms with E-state index in [1.54, 1.807) is 0 Å². The summed E-state index contributed by atoms with van der Waals surface area (Å²) in [6, 6.07) is 26.9. The first-order valence-corrected chi connectivity index (χ1v) is 17.0. The fourth-order valence-electron chi connectivity index (χ4n) is 6.51. The van der Waals surface area contributed by atoms with Crippen LogP contribution in [0.1, 0.15) is 45.2 Å². The molecule has 1 atom stereocenters. The maximum atomic E-state index is 5.68. The molecular formula is C46H47N2+. The summed E-state index contributed by atoms with van der Waals surface area (Å²) in [6.45, 7) is 16.9. The Hall–Kier alpha value is -5.31. The zero-order valence-electron chi connectivity index (χ0n) is 28.8. The standard InChI is InChI=1S/C44H41N2.C2H6/c1-5-8-9-10-26-46-43-30-38(35-16-11-15-33(27-35)31(4)14-12-25-45)20-23-41(43)42-24-21-39-29-37(19-22-40(39)44(42)46)36-18-17-32(7-3)34(28-36)13-6-2;1-2/h5-24,26-27,29-30,34H,3-4,25,28,45H2,1-2H3;1-2H3/q+1;/b8-5-,10-9-,13-6-,14-12-,46-26?;. The van der Waals surface area contributed by atoms with Gasteiger partial charge in [0.25, 0.3) is 0 Å². The van der Waals surface area contributed by atoms with E-state index < -0.39 is 0 Å². The lowest BCUT2D eigenvalue weighted by Gasteiger charge is -2.21. The molecule has 0 spiro atoms. The second kappa shape index (κ2) is 16.0. The van der Waals surface area contributed by atoms with E-state index >= 15 is 0 Å². The quantitative estimate of drug-likeness (QED) is 0.0983. The second-order valence-electron chi connectivity index (χ2n) is 11.7.